The van der Waals surface area contributed by atoms with Gasteiger partial charge in [-0.05, 0) is 26.7 Å². The first-order chi connectivity index (χ1) is 7.52. The molecule has 0 aliphatic heterocycles. The summed E-state index contributed by atoms with van der Waals surface area (Å²) in [6, 6.07) is 0. The monoisotopic (exact) mass is 232 g/mol. The van der Waals surface area contributed by atoms with Crippen molar-refractivity contribution in [3.8, 4) is 0 Å². The summed E-state index contributed by atoms with van der Waals surface area (Å²) in [6.07, 6.45) is 4.61. The van der Waals surface area contributed by atoms with E-state index in [1.54, 1.807) is 27.0 Å². The van der Waals surface area contributed by atoms with Crippen molar-refractivity contribution in [1.29, 1.82) is 0 Å². The Morgan fingerprint density at radius 2 is 2.00 bits per heavy atom. The number of rotatable bonds is 8. The molecule has 0 radical (unpaired) electrons. The fraction of sp³-hybridized carbons (Fsp3) is 0.727. The number of ether oxygens (including phenoxy) is 2. The standard InChI is InChI=1S/C11H20O5/c1-11(2,14-4)16-15-9-7-5-6-8-10(12)13-3/h6,8H,5,7,9H2,1-4H3/b8-6+. The van der Waals surface area contributed by atoms with Crippen LogP contribution in [-0.4, -0.2) is 32.6 Å². The normalized spacial score (nSPS) is 12.0. The summed E-state index contributed by atoms with van der Waals surface area (Å²) < 4.78 is 9.43. The average Bonchev–Trinajstić information content (AvgIpc) is 2.27. The smallest absolute Gasteiger partial charge is 0.330 e. The topological polar surface area (TPSA) is 54.0 Å². The lowest BCUT2D eigenvalue weighted by Crippen LogP contribution is -2.26. The Kier molecular flexibility index (Phi) is 7.80. The van der Waals surface area contributed by atoms with Gasteiger partial charge in [-0.25, -0.2) is 14.6 Å². The Hall–Kier alpha value is -0.910. The van der Waals surface area contributed by atoms with Gasteiger partial charge < -0.3 is 9.47 Å². The molecule has 0 N–H and O–H groups in total. The minimum atomic E-state index is -0.734. The van der Waals surface area contributed by atoms with E-state index in [0.717, 1.165) is 12.8 Å². The number of hydrogen-bond donors (Lipinski definition) is 0. The summed E-state index contributed by atoms with van der Waals surface area (Å²) in [5.41, 5.74) is 0. The molecule has 0 aromatic carbocycles. The minimum Gasteiger partial charge on any atom is -0.466 e. The molecule has 0 heterocycles. The molecule has 0 saturated carbocycles. The van der Waals surface area contributed by atoms with Gasteiger partial charge in [-0.1, -0.05) is 6.08 Å². The third-order valence-electron chi connectivity index (χ3n) is 1.80. The Bertz CT molecular complexity index is 222. The third kappa shape index (κ3) is 8.40. The van der Waals surface area contributed by atoms with E-state index in [4.69, 9.17) is 14.5 Å². The maximum absolute atomic E-state index is 10.7. The molecule has 0 rings (SSSR count). The van der Waals surface area contributed by atoms with Gasteiger partial charge in [0.05, 0.1) is 13.7 Å². The summed E-state index contributed by atoms with van der Waals surface area (Å²) in [4.78, 5) is 20.6. The van der Waals surface area contributed by atoms with Crippen molar-refractivity contribution in [3.63, 3.8) is 0 Å². The van der Waals surface area contributed by atoms with Crippen molar-refractivity contribution in [2.24, 2.45) is 0 Å². The van der Waals surface area contributed by atoms with Crippen molar-refractivity contribution in [3.05, 3.63) is 12.2 Å². The fourth-order valence-corrected chi connectivity index (χ4v) is 0.725. The average molecular weight is 232 g/mol. The zero-order valence-corrected chi connectivity index (χ0v) is 10.3. The van der Waals surface area contributed by atoms with Crippen LogP contribution in [0.4, 0.5) is 0 Å². The number of hydrogen-bond acceptors (Lipinski definition) is 5. The van der Waals surface area contributed by atoms with Crippen LogP contribution >= 0.6 is 0 Å². The Balaban J connectivity index is 3.41. The molecule has 0 spiro atoms. The largest absolute Gasteiger partial charge is 0.466 e. The zero-order valence-electron chi connectivity index (χ0n) is 10.3. The Morgan fingerprint density at radius 1 is 1.31 bits per heavy atom. The predicted octanol–water partition coefficient (Wildman–Crippen LogP) is 1.83. The molecule has 5 heteroatoms. The molecule has 94 valence electrons. The number of unbranched alkanes of at least 4 members (excludes halogenated alkanes) is 1. The van der Waals surface area contributed by atoms with Crippen molar-refractivity contribution >= 4 is 5.97 Å². The van der Waals surface area contributed by atoms with E-state index in [9.17, 15) is 4.79 Å². The summed E-state index contributed by atoms with van der Waals surface area (Å²) in [6.45, 7) is 3.95. The highest BCUT2D eigenvalue weighted by Gasteiger charge is 2.17. The molecule has 0 aromatic rings. The highest BCUT2D eigenvalue weighted by molar-refractivity contribution is 5.81. The van der Waals surface area contributed by atoms with E-state index < -0.39 is 5.79 Å². The first kappa shape index (κ1) is 15.1. The Morgan fingerprint density at radius 3 is 2.56 bits per heavy atom. The van der Waals surface area contributed by atoms with Crippen molar-refractivity contribution in [2.75, 3.05) is 20.8 Å². The second-order valence-corrected chi connectivity index (χ2v) is 3.58. The lowest BCUT2D eigenvalue weighted by Gasteiger charge is -2.21. The maximum Gasteiger partial charge on any atom is 0.330 e. The minimum absolute atomic E-state index is 0.349. The number of esters is 1. The van der Waals surface area contributed by atoms with E-state index >= 15 is 0 Å². The molecule has 0 aliphatic rings. The van der Waals surface area contributed by atoms with Crippen molar-refractivity contribution < 1.29 is 24.0 Å². The molecule has 0 aliphatic carbocycles. The first-order valence-electron chi connectivity index (χ1n) is 5.12. The van der Waals surface area contributed by atoms with Crippen LogP contribution in [0.1, 0.15) is 26.7 Å². The molecular weight excluding hydrogens is 212 g/mol. The predicted molar refractivity (Wildman–Crippen MR) is 58.5 cm³/mol. The third-order valence-corrected chi connectivity index (χ3v) is 1.80. The van der Waals surface area contributed by atoms with Crippen molar-refractivity contribution in [2.45, 2.75) is 32.5 Å². The van der Waals surface area contributed by atoms with Crippen LogP contribution in [0.25, 0.3) is 0 Å². The second-order valence-electron chi connectivity index (χ2n) is 3.58. The molecule has 0 fully saturated rings. The van der Waals surface area contributed by atoms with Gasteiger partial charge in [0.2, 0.25) is 0 Å². The van der Waals surface area contributed by atoms with Crippen LogP contribution in [0, 0.1) is 0 Å². The van der Waals surface area contributed by atoms with Crippen molar-refractivity contribution in [1.82, 2.24) is 0 Å². The molecule has 16 heavy (non-hydrogen) atoms. The number of carbonyl (C=O) groups is 1. The first-order valence-corrected chi connectivity index (χ1v) is 5.12. The SMILES string of the molecule is COC(=O)/C=C/CCCOOC(C)(C)OC. The van der Waals surface area contributed by atoms with Gasteiger partial charge in [0.15, 0.2) is 5.79 Å². The molecule has 5 nitrogen and oxygen atoms in total. The van der Waals surface area contributed by atoms with Gasteiger partial charge >= 0.3 is 5.97 Å². The van der Waals surface area contributed by atoms with Crippen LogP contribution in [0.15, 0.2) is 12.2 Å². The van der Waals surface area contributed by atoms with Crippen LogP contribution in [0.2, 0.25) is 0 Å². The molecule has 0 unspecified atom stereocenters. The summed E-state index contributed by atoms with van der Waals surface area (Å²) in [5.74, 6) is -1.08. The van der Waals surface area contributed by atoms with Gasteiger partial charge in [-0.3, -0.25) is 0 Å². The van der Waals surface area contributed by atoms with Gasteiger partial charge in [0.1, 0.15) is 0 Å². The van der Waals surface area contributed by atoms with E-state index in [2.05, 4.69) is 4.74 Å². The highest BCUT2D eigenvalue weighted by Crippen LogP contribution is 2.09. The molecule has 0 aromatic heterocycles. The highest BCUT2D eigenvalue weighted by atomic mass is 17.2. The van der Waals surface area contributed by atoms with Crippen LogP contribution in [-0.2, 0) is 24.0 Å². The lowest BCUT2D eigenvalue weighted by molar-refractivity contribution is -0.413. The second kappa shape index (κ2) is 8.27. The molecule has 0 bridgehead atoms. The molecule has 0 saturated heterocycles. The quantitative estimate of drug-likeness (QED) is 0.159. The zero-order chi connectivity index (χ0) is 12.4. The maximum atomic E-state index is 10.7. The number of methoxy groups -OCH3 is 2. The van der Waals surface area contributed by atoms with Crippen LogP contribution in [0.5, 0.6) is 0 Å². The van der Waals surface area contributed by atoms with Gasteiger partial charge in [-0.2, -0.15) is 0 Å². The summed E-state index contributed by atoms with van der Waals surface area (Å²) in [7, 11) is 2.89. The van der Waals surface area contributed by atoms with Crippen LogP contribution in [0.3, 0.4) is 0 Å². The van der Waals surface area contributed by atoms with E-state index in [1.807, 2.05) is 0 Å². The van der Waals surface area contributed by atoms with Crippen LogP contribution < -0.4 is 0 Å². The summed E-state index contributed by atoms with van der Waals surface area (Å²) in [5, 5.41) is 0. The van der Waals surface area contributed by atoms with Gasteiger partial charge in [-0.15, -0.1) is 0 Å². The van der Waals surface area contributed by atoms with E-state index in [-0.39, 0.29) is 5.97 Å². The number of carbonyl (C=O) groups excluding carboxylic acids is 1. The van der Waals surface area contributed by atoms with Gasteiger partial charge in [0.25, 0.3) is 0 Å². The molecule has 0 amide bonds. The van der Waals surface area contributed by atoms with E-state index in [1.165, 1.54) is 13.2 Å². The van der Waals surface area contributed by atoms with Gasteiger partial charge in [0, 0.05) is 13.2 Å². The lowest BCUT2D eigenvalue weighted by atomic mass is 10.3. The Labute approximate surface area is 96.2 Å². The molecule has 0 atom stereocenters. The number of allylic oxidation sites excluding steroid dienone is 1. The molecular formula is C11H20O5. The van der Waals surface area contributed by atoms with E-state index in [0.29, 0.717) is 6.61 Å². The fourth-order valence-electron chi connectivity index (χ4n) is 0.725. The summed E-state index contributed by atoms with van der Waals surface area (Å²) >= 11 is 0.